The number of halogens is 1. The number of carbonyl (C=O) groups is 1. The van der Waals surface area contributed by atoms with Gasteiger partial charge in [0.15, 0.2) is 0 Å². The fraction of sp³-hybridized carbons (Fsp3) is 0.636. The summed E-state index contributed by atoms with van der Waals surface area (Å²) in [5.74, 6) is 0.00165. The third-order valence-electron chi connectivity index (χ3n) is 2.47. The third-order valence-corrected chi connectivity index (χ3v) is 3.39. The van der Waals surface area contributed by atoms with Crippen molar-refractivity contribution in [2.75, 3.05) is 13.1 Å². The fourth-order valence-electron chi connectivity index (χ4n) is 1.55. The predicted molar refractivity (Wildman–Crippen MR) is 70.7 cm³/mol. The lowest BCUT2D eigenvalue weighted by Crippen LogP contribution is -2.30. The van der Waals surface area contributed by atoms with E-state index in [-0.39, 0.29) is 5.91 Å². The van der Waals surface area contributed by atoms with Gasteiger partial charge in [-0.3, -0.25) is 9.48 Å². The van der Waals surface area contributed by atoms with Gasteiger partial charge in [-0.25, -0.2) is 0 Å². The summed E-state index contributed by atoms with van der Waals surface area (Å²) in [6, 6.07) is 0. The van der Waals surface area contributed by atoms with Crippen molar-refractivity contribution in [2.24, 2.45) is 7.05 Å². The Balaban J connectivity index is 2.41. The molecule has 0 fully saturated rings. The molecule has 0 aliphatic carbocycles. The van der Waals surface area contributed by atoms with Gasteiger partial charge in [-0.1, -0.05) is 6.92 Å². The molecule has 1 aromatic heterocycles. The zero-order chi connectivity index (χ0) is 12.8. The molecule has 1 amide bonds. The van der Waals surface area contributed by atoms with Crippen LogP contribution in [0.3, 0.4) is 0 Å². The molecule has 1 heterocycles. The van der Waals surface area contributed by atoms with E-state index in [4.69, 9.17) is 0 Å². The number of aromatic nitrogens is 2. The topological polar surface area (TPSA) is 59.0 Å². The van der Waals surface area contributed by atoms with Crippen LogP contribution >= 0.6 is 15.9 Å². The first-order chi connectivity index (χ1) is 8.06. The van der Waals surface area contributed by atoms with E-state index in [9.17, 15) is 4.79 Å². The van der Waals surface area contributed by atoms with Crippen LogP contribution in [0.5, 0.6) is 0 Å². The van der Waals surface area contributed by atoms with Gasteiger partial charge in [0.2, 0.25) is 5.91 Å². The molecule has 0 aliphatic rings. The van der Waals surface area contributed by atoms with Gasteiger partial charge in [-0.15, -0.1) is 0 Å². The van der Waals surface area contributed by atoms with Crippen LogP contribution in [-0.2, 0) is 24.8 Å². The Bertz CT molecular complexity index is 389. The Morgan fingerprint density at radius 2 is 2.18 bits per heavy atom. The highest BCUT2D eigenvalue weighted by Gasteiger charge is 2.11. The Morgan fingerprint density at radius 3 is 2.71 bits per heavy atom. The average molecular weight is 303 g/mol. The number of hydrogen-bond acceptors (Lipinski definition) is 3. The van der Waals surface area contributed by atoms with Gasteiger partial charge in [0.25, 0.3) is 0 Å². The lowest BCUT2D eigenvalue weighted by Gasteiger charge is -2.06. The predicted octanol–water partition coefficient (Wildman–Crippen LogP) is 0.971. The van der Waals surface area contributed by atoms with E-state index in [1.165, 1.54) is 6.92 Å². The minimum Gasteiger partial charge on any atom is -0.355 e. The molecule has 1 aromatic rings. The second kappa shape index (κ2) is 6.76. The summed E-state index contributed by atoms with van der Waals surface area (Å²) >= 11 is 3.56. The van der Waals surface area contributed by atoms with E-state index in [1.807, 2.05) is 11.7 Å². The highest BCUT2D eigenvalue weighted by Crippen LogP contribution is 2.21. The maximum atomic E-state index is 10.7. The average Bonchev–Trinajstić information content (AvgIpc) is 2.54. The Kier molecular flexibility index (Phi) is 5.64. The van der Waals surface area contributed by atoms with Crippen molar-refractivity contribution >= 4 is 21.8 Å². The molecule has 0 aliphatic heterocycles. The Morgan fingerprint density at radius 1 is 1.47 bits per heavy atom. The molecule has 0 radical (unpaired) electrons. The Labute approximate surface area is 110 Å². The fourth-order valence-corrected chi connectivity index (χ4v) is 2.30. The van der Waals surface area contributed by atoms with E-state index in [0.717, 1.165) is 35.4 Å². The van der Waals surface area contributed by atoms with Crippen molar-refractivity contribution in [3.8, 4) is 0 Å². The molecule has 1 rings (SSSR count). The van der Waals surface area contributed by atoms with Gasteiger partial charge in [0, 0.05) is 33.6 Å². The number of hydrogen-bond donors (Lipinski definition) is 2. The summed E-state index contributed by atoms with van der Waals surface area (Å²) in [5.41, 5.74) is 2.20. The SMILES string of the molecule is CCc1nn(C)c(CNCCNC(C)=O)c1Br. The molecule has 6 heteroatoms. The summed E-state index contributed by atoms with van der Waals surface area (Å²) in [6.45, 7) is 5.74. The lowest BCUT2D eigenvalue weighted by atomic mass is 10.3. The lowest BCUT2D eigenvalue weighted by molar-refractivity contribution is -0.118. The van der Waals surface area contributed by atoms with E-state index in [2.05, 4.69) is 38.6 Å². The standard InChI is InChI=1S/C11H19BrN4O/c1-4-9-11(12)10(16(3)15-9)7-13-5-6-14-8(2)17/h13H,4-7H2,1-3H3,(H,14,17). The number of carbonyl (C=O) groups excluding carboxylic acids is 1. The minimum absolute atomic E-state index is 0.00165. The zero-order valence-electron chi connectivity index (χ0n) is 10.5. The largest absolute Gasteiger partial charge is 0.355 e. The van der Waals surface area contributed by atoms with Crippen LogP contribution < -0.4 is 10.6 Å². The molecule has 0 aromatic carbocycles. The molecule has 0 atom stereocenters. The van der Waals surface area contributed by atoms with Crippen molar-refractivity contribution in [2.45, 2.75) is 26.8 Å². The van der Waals surface area contributed by atoms with Crippen LogP contribution in [0, 0.1) is 0 Å². The first kappa shape index (κ1) is 14.2. The van der Waals surface area contributed by atoms with E-state index < -0.39 is 0 Å². The van der Waals surface area contributed by atoms with E-state index in [0.29, 0.717) is 6.54 Å². The van der Waals surface area contributed by atoms with Crippen LogP contribution in [0.4, 0.5) is 0 Å². The summed E-state index contributed by atoms with van der Waals surface area (Å²) in [4.78, 5) is 10.7. The zero-order valence-corrected chi connectivity index (χ0v) is 12.1. The molecule has 17 heavy (non-hydrogen) atoms. The van der Waals surface area contributed by atoms with Crippen molar-refractivity contribution in [3.05, 3.63) is 15.9 Å². The molecule has 0 saturated carbocycles. The number of rotatable bonds is 6. The first-order valence-corrected chi connectivity index (χ1v) is 6.51. The molecule has 0 unspecified atom stereocenters. The number of amides is 1. The van der Waals surface area contributed by atoms with Crippen LogP contribution in [0.1, 0.15) is 25.2 Å². The van der Waals surface area contributed by atoms with Crippen molar-refractivity contribution in [1.29, 1.82) is 0 Å². The third kappa shape index (κ3) is 4.12. The summed E-state index contributed by atoms with van der Waals surface area (Å²) < 4.78 is 2.96. The highest BCUT2D eigenvalue weighted by molar-refractivity contribution is 9.10. The quantitative estimate of drug-likeness (QED) is 0.770. The van der Waals surface area contributed by atoms with E-state index in [1.54, 1.807) is 0 Å². The van der Waals surface area contributed by atoms with Crippen LogP contribution in [0.2, 0.25) is 0 Å². The molecular formula is C11H19BrN4O. The van der Waals surface area contributed by atoms with Crippen LogP contribution in [-0.4, -0.2) is 28.8 Å². The van der Waals surface area contributed by atoms with Gasteiger partial charge < -0.3 is 10.6 Å². The molecule has 5 nitrogen and oxygen atoms in total. The molecule has 0 saturated heterocycles. The van der Waals surface area contributed by atoms with Crippen LogP contribution in [0.15, 0.2) is 4.47 Å². The maximum absolute atomic E-state index is 10.7. The minimum atomic E-state index is 0.00165. The maximum Gasteiger partial charge on any atom is 0.216 e. The molecule has 0 bridgehead atoms. The first-order valence-electron chi connectivity index (χ1n) is 5.71. The van der Waals surface area contributed by atoms with Gasteiger partial charge in [-0.05, 0) is 22.4 Å². The Hall–Kier alpha value is -0.880. The molecule has 0 spiro atoms. The number of nitrogens with one attached hydrogen (secondary N) is 2. The smallest absolute Gasteiger partial charge is 0.216 e. The second-order valence-corrected chi connectivity index (χ2v) is 4.64. The van der Waals surface area contributed by atoms with Crippen molar-refractivity contribution < 1.29 is 4.79 Å². The summed E-state index contributed by atoms with van der Waals surface area (Å²) in [5, 5.41) is 10.4. The van der Waals surface area contributed by atoms with E-state index >= 15 is 0 Å². The van der Waals surface area contributed by atoms with Crippen molar-refractivity contribution in [3.63, 3.8) is 0 Å². The summed E-state index contributed by atoms with van der Waals surface area (Å²) in [6.07, 6.45) is 0.917. The number of aryl methyl sites for hydroxylation is 2. The molecule has 2 N–H and O–H groups in total. The molecule has 96 valence electrons. The normalized spacial score (nSPS) is 10.6. The monoisotopic (exact) mass is 302 g/mol. The van der Waals surface area contributed by atoms with Crippen molar-refractivity contribution in [1.82, 2.24) is 20.4 Å². The molecular weight excluding hydrogens is 284 g/mol. The highest BCUT2D eigenvalue weighted by atomic mass is 79.9. The second-order valence-electron chi connectivity index (χ2n) is 3.84. The van der Waals surface area contributed by atoms with Crippen LogP contribution in [0.25, 0.3) is 0 Å². The van der Waals surface area contributed by atoms with Gasteiger partial charge in [0.05, 0.1) is 15.9 Å². The van der Waals surface area contributed by atoms with Gasteiger partial charge in [-0.2, -0.15) is 5.10 Å². The van der Waals surface area contributed by atoms with Gasteiger partial charge in [0.1, 0.15) is 0 Å². The number of nitrogens with zero attached hydrogens (tertiary/aromatic N) is 2. The summed E-state index contributed by atoms with van der Waals surface area (Å²) in [7, 11) is 1.94. The van der Waals surface area contributed by atoms with Gasteiger partial charge >= 0.3 is 0 Å².